The SMILES string of the molecule is CC/C=C\C/C=C\CC(O)/C=C/C=C\C/C=C\CCCC(=O)OC[C@H](COP(=O)([O-])OCC[N+](C)(C)C)OC(=O)CCCCCCCCCCCCCC. The van der Waals surface area contributed by atoms with Crippen molar-refractivity contribution in [2.45, 2.75) is 154 Å². The molecule has 0 aromatic rings. The number of hydrogen-bond donors (Lipinski definition) is 1. The molecule has 0 spiro atoms. The van der Waals surface area contributed by atoms with Crippen LogP contribution in [-0.2, 0) is 32.7 Å². The second kappa shape index (κ2) is 35.1. The van der Waals surface area contributed by atoms with Gasteiger partial charge in [0.25, 0.3) is 7.82 Å². The van der Waals surface area contributed by atoms with Crippen molar-refractivity contribution in [1.29, 1.82) is 0 Å². The highest BCUT2D eigenvalue weighted by molar-refractivity contribution is 7.45. The molecule has 0 amide bonds. The molecule has 0 heterocycles. The molecule has 0 bridgehead atoms. The quantitative estimate of drug-likeness (QED) is 0.0165. The third-order valence-corrected chi connectivity index (χ3v) is 9.35. The third kappa shape index (κ3) is 38.0. The molecule has 3 atom stereocenters. The fourth-order valence-corrected chi connectivity index (χ4v) is 5.85. The van der Waals surface area contributed by atoms with Crippen LogP contribution in [0.1, 0.15) is 142 Å². The smallest absolute Gasteiger partial charge is 0.306 e. The van der Waals surface area contributed by atoms with Gasteiger partial charge in [0, 0.05) is 12.8 Å². The van der Waals surface area contributed by atoms with Crippen molar-refractivity contribution < 1.29 is 47.2 Å². The number of hydrogen-bond acceptors (Lipinski definition) is 9. The Morgan fingerprint density at radius 3 is 1.94 bits per heavy atom. The molecule has 0 aliphatic rings. The summed E-state index contributed by atoms with van der Waals surface area (Å²) in [7, 11) is 1.09. The summed E-state index contributed by atoms with van der Waals surface area (Å²) in [4.78, 5) is 37.4. The molecule has 0 aromatic heterocycles. The van der Waals surface area contributed by atoms with Gasteiger partial charge >= 0.3 is 11.9 Å². The van der Waals surface area contributed by atoms with E-state index in [4.69, 9.17) is 18.5 Å². The Balaban J connectivity index is 4.56. The highest BCUT2D eigenvalue weighted by Gasteiger charge is 2.21. The van der Waals surface area contributed by atoms with Crippen molar-refractivity contribution in [3.8, 4) is 0 Å². The number of phosphoric ester groups is 1. The van der Waals surface area contributed by atoms with E-state index in [1.807, 2.05) is 57.6 Å². The first-order valence-electron chi connectivity index (χ1n) is 20.6. The molecule has 312 valence electrons. The first kappa shape index (κ1) is 51.7. The normalized spacial score (nSPS) is 14.9. The molecule has 0 radical (unpaired) electrons. The Labute approximate surface area is 329 Å². The molecule has 54 heavy (non-hydrogen) atoms. The molecule has 0 fully saturated rings. The van der Waals surface area contributed by atoms with E-state index in [1.54, 1.807) is 6.08 Å². The standard InChI is InChI=1S/C43H76NO9P/c1-6-8-10-12-14-15-16-17-18-23-27-31-35-43(47)53-41(39-52-54(48,49)51-37-36-44(3,4)5)38-50-42(46)34-30-26-22-20-19-21-25-29-33-40(45)32-28-24-13-11-9-7-2/h9,11,20-22,24-25,28-29,33,40-41,45H,6-8,10,12-19,23,26-27,30-32,34-39H2,1-5H3/b11-9-,22-20-,25-21-,28-24-,33-29+/t40?,41-/m1/s1. The second-order valence-electron chi connectivity index (χ2n) is 14.8. The van der Waals surface area contributed by atoms with E-state index in [9.17, 15) is 24.2 Å². The number of esters is 2. The predicted molar refractivity (Wildman–Crippen MR) is 219 cm³/mol. The lowest BCUT2D eigenvalue weighted by atomic mass is 10.0. The number of rotatable bonds is 36. The van der Waals surface area contributed by atoms with E-state index in [0.717, 1.165) is 38.5 Å². The zero-order chi connectivity index (χ0) is 40.2. The minimum Gasteiger partial charge on any atom is -0.756 e. The molecule has 0 aliphatic heterocycles. The van der Waals surface area contributed by atoms with Crippen molar-refractivity contribution >= 4 is 19.8 Å². The van der Waals surface area contributed by atoms with Crippen molar-refractivity contribution in [2.24, 2.45) is 0 Å². The van der Waals surface area contributed by atoms with Crippen LogP contribution in [0.5, 0.6) is 0 Å². The number of carbonyl (C=O) groups is 2. The van der Waals surface area contributed by atoms with Gasteiger partial charge in [-0.25, -0.2) is 0 Å². The largest absolute Gasteiger partial charge is 0.756 e. The summed E-state index contributed by atoms with van der Waals surface area (Å²) >= 11 is 0. The number of quaternary nitrogens is 1. The van der Waals surface area contributed by atoms with Crippen LogP contribution in [0.3, 0.4) is 0 Å². The third-order valence-electron chi connectivity index (χ3n) is 8.38. The van der Waals surface area contributed by atoms with Crippen molar-refractivity contribution in [2.75, 3.05) is 47.5 Å². The molecule has 2 unspecified atom stereocenters. The molecule has 0 aromatic carbocycles. The average Bonchev–Trinajstić information content (AvgIpc) is 3.11. The Kier molecular flexibility index (Phi) is 33.6. The Hall–Kier alpha value is -2.33. The second-order valence-corrected chi connectivity index (χ2v) is 16.2. The summed E-state index contributed by atoms with van der Waals surface area (Å²) in [6.45, 7) is 3.93. The van der Waals surface area contributed by atoms with E-state index in [1.165, 1.54) is 51.4 Å². The van der Waals surface area contributed by atoms with Gasteiger partial charge in [-0.1, -0.05) is 145 Å². The zero-order valence-electron chi connectivity index (χ0n) is 34.5. The minimum atomic E-state index is -4.65. The highest BCUT2D eigenvalue weighted by atomic mass is 31.2. The lowest BCUT2D eigenvalue weighted by Crippen LogP contribution is -2.37. The van der Waals surface area contributed by atoms with E-state index in [2.05, 4.69) is 32.1 Å². The number of nitrogens with zero attached hydrogens (tertiary/aromatic N) is 1. The maximum atomic E-state index is 12.6. The Morgan fingerprint density at radius 1 is 0.704 bits per heavy atom. The summed E-state index contributed by atoms with van der Waals surface area (Å²) < 4.78 is 33.7. The van der Waals surface area contributed by atoms with Crippen LogP contribution < -0.4 is 4.89 Å². The first-order valence-corrected chi connectivity index (χ1v) is 22.1. The Morgan fingerprint density at radius 2 is 1.30 bits per heavy atom. The van der Waals surface area contributed by atoms with Gasteiger partial charge in [-0.15, -0.1) is 0 Å². The summed E-state index contributed by atoms with van der Waals surface area (Å²) in [6.07, 6.45) is 37.1. The number of carbonyl (C=O) groups excluding carboxylic acids is 2. The molecule has 0 aliphatic carbocycles. The van der Waals surface area contributed by atoms with Crippen LogP contribution in [0, 0.1) is 0 Å². The van der Waals surface area contributed by atoms with Crippen molar-refractivity contribution in [3.63, 3.8) is 0 Å². The molecular weight excluding hydrogens is 705 g/mol. The van der Waals surface area contributed by atoms with Gasteiger partial charge in [0.1, 0.15) is 19.8 Å². The van der Waals surface area contributed by atoms with Crippen LogP contribution in [0.15, 0.2) is 60.8 Å². The fraction of sp³-hybridized carbons (Fsp3) is 0.721. The van der Waals surface area contributed by atoms with E-state index >= 15 is 0 Å². The molecule has 11 heteroatoms. The summed E-state index contributed by atoms with van der Waals surface area (Å²) in [5.41, 5.74) is 0. The van der Waals surface area contributed by atoms with Gasteiger partial charge in [-0.05, 0) is 44.9 Å². The van der Waals surface area contributed by atoms with Crippen LogP contribution >= 0.6 is 7.82 Å². The maximum Gasteiger partial charge on any atom is 0.306 e. The molecule has 0 saturated heterocycles. The van der Waals surface area contributed by atoms with Gasteiger partial charge < -0.3 is 33.0 Å². The number of allylic oxidation sites excluding steroid dienone is 8. The van der Waals surface area contributed by atoms with Gasteiger partial charge in [0.05, 0.1) is 33.9 Å². The summed E-state index contributed by atoms with van der Waals surface area (Å²) in [6, 6.07) is 0. The minimum absolute atomic E-state index is 0.0512. The van der Waals surface area contributed by atoms with Crippen LogP contribution in [0.25, 0.3) is 0 Å². The molecule has 0 saturated carbocycles. The van der Waals surface area contributed by atoms with Crippen LogP contribution in [0.2, 0.25) is 0 Å². The van der Waals surface area contributed by atoms with Gasteiger partial charge in [0.2, 0.25) is 0 Å². The first-order chi connectivity index (χ1) is 25.9. The molecule has 1 N–H and O–H groups in total. The van der Waals surface area contributed by atoms with Gasteiger partial charge in [-0.2, -0.15) is 0 Å². The van der Waals surface area contributed by atoms with Crippen LogP contribution in [-0.4, -0.2) is 81.2 Å². The maximum absolute atomic E-state index is 12.6. The lowest BCUT2D eigenvalue weighted by molar-refractivity contribution is -0.870. The van der Waals surface area contributed by atoms with Gasteiger partial charge in [0.15, 0.2) is 6.10 Å². The molecule has 10 nitrogen and oxygen atoms in total. The number of aliphatic hydroxyl groups excluding tert-OH is 1. The predicted octanol–water partition coefficient (Wildman–Crippen LogP) is 9.63. The molecular formula is C43H76NO9P. The summed E-state index contributed by atoms with van der Waals surface area (Å²) in [5.74, 6) is -0.946. The van der Waals surface area contributed by atoms with Crippen molar-refractivity contribution in [3.05, 3.63) is 60.8 Å². The molecule has 0 rings (SSSR count). The number of unbranched alkanes of at least 4 members (excludes halogenated alkanes) is 12. The number of ether oxygens (including phenoxy) is 2. The monoisotopic (exact) mass is 782 g/mol. The number of aliphatic hydroxyl groups is 1. The Bertz CT molecular complexity index is 1130. The van der Waals surface area contributed by atoms with Crippen LogP contribution in [0.4, 0.5) is 0 Å². The topological polar surface area (TPSA) is 131 Å². The average molecular weight is 782 g/mol. The van der Waals surface area contributed by atoms with E-state index in [0.29, 0.717) is 36.7 Å². The number of likely N-dealkylation sites (N-methyl/N-ethyl adjacent to an activating group) is 1. The number of phosphoric acid groups is 1. The van der Waals surface area contributed by atoms with Gasteiger partial charge in [-0.3, -0.25) is 14.2 Å². The zero-order valence-corrected chi connectivity index (χ0v) is 35.4. The summed E-state index contributed by atoms with van der Waals surface area (Å²) in [5, 5.41) is 10.0. The fourth-order valence-electron chi connectivity index (χ4n) is 5.13. The van der Waals surface area contributed by atoms with Crippen molar-refractivity contribution in [1.82, 2.24) is 0 Å². The lowest BCUT2D eigenvalue weighted by Gasteiger charge is -2.28. The van der Waals surface area contributed by atoms with E-state index < -0.39 is 38.6 Å². The highest BCUT2D eigenvalue weighted by Crippen LogP contribution is 2.38. The van der Waals surface area contributed by atoms with E-state index in [-0.39, 0.29) is 26.1 Å².